The van der Waals surface area contributed by atoms with E-state index < -0.39 is 0 Å². The summed E-state index contributed by atoms with van der Waals surface area (Å²) in [6.07, 6.45) is 5.79. The van der Waals surface area contributed by atoms with Gasteiger partial charge in [0.05, 0.1) is 17.5 Å². The smallest absolute Gasteiger partial charge is 0.289 e. The summed E-state index contributed by atoms with van der Waals surface area (Å²) in [5.74, 6) is 0.136. The molecular formula is C19H24N4O3. The number of pyridine rings is 1. The zero-order chi connectivity index (χ0) is 18.5. The molecule has 0 radical (unpaired) electrons. The molecule has 1 unspecified atom stereocenters. The molecule has 1 atom stereocenters. The predicted molar refractivity (Wildman–Crippen MR) is 98.1 cm³/mol. The van der Waals surface area contributed by atoms with Crippen LogP contribution in [0.5, 0.6) is 0 Å². The van der Waals surface area contributed by atoms with Gasteiger partial charge in [-0.3, -0.25) is 14.6 Å². The second-order valence-corrected chi connectivity index (χ2v) is 6.48. The van der Waals surface area contributed by atoms with Gasteiger partial charge >= 0.3 is 0 Å². The van der Waals surface area contributed by atoms with Gasteiger partial charge in [-0.05, 0) is 31.5 Å². The molecule has 138 valence electrons. The number of rotatable bonds is 5. The van der Waals surface area contributed by atoms with Crippen LogP contribution in [0.15, 0.2) is 41.3 Å². The quantitative estimate of drug-likeness (QED) is 0.890. The zero-order valence-corrected chi connectivity index (χ0v) is 15.1. The summed E-state index contributed by atoms with van der Waals surface area (Å²) >= 11 is 0. The highest BCUT2D eigenvalue weighted by molar-refractivity contribution is 5.95. The molecule has 0 aromatic carbocycles. The van der Waals surface area contributed by atoms with Crippen LogP contribution in [0.3, 0.4) is 0 Å². The van der Waals surface area contributed by atoms with Gasteiger partial charge in [-0.2, -0.15) is 0 Å². The molecule has 0 bridgehead atoms. The number of anilines is 1. The Morgan fingerprint density at radius 1 is 1.19 bits per heavy atom. The molecule has 0 saturated carbocycles. The number of amides is 2. The van der Waals surface area contributed by atoms with Crippen LogP contribution < -0.4 is 5.32 Å². The second-order valence-electron chi connectivity index (χ2n) is 6.48. The van der Waals surface area contributed by atoms with Crippen molar-refractivity contribution < 1.29 is 14.0 Å². The normalized spacial score (nSPS) is 15.6. The molecule has 2 aromatic heterocycles. The lowest BCUT2D eigenvalue weighted by atomic mass is 10.2. The van der Waals surface area contributed by atoms with E-state index in [1.807, 2.05) is 6.07 Å². The Kier molecular flexibility index (Phi) is 5.55. The highest BCUT2D eigenvalue weighted by Gasteiger charge is 2.26. The first kappa shape index (κ1) is 18.0. The van der Waals surface area contributed by atoms with E-state index >= 15 is 0 Å². The van der Waals surface area contributed by atoms with Crippen molar-refractivity contribution in [3.8, 4) is 0 Å². The molecule has 0 aliphatic carbocycles. The van der Waals surface area contributed by atoms with E-state index in [-0.39, 0.29) is 11.8 Å². The average Bonchev–Trinajstić information content (AvgIpc) is 3.22. The van der Waals surface area contributed by atoms with E-state index in [9.17, 15) is 9.59 Å². The molecule has 1 aliphatic heterocycles. The van der Waals surface area contributed by atoms with Crippen LogP contribution in [-0.4, -0.2) is 58.8 Å². The molecule has 3 heterocycles. The maximum Gasteiger partial charge on any atom is 0.289 e. The van der Waals surface area contributed by atoms with Crippen LogP contribution >= 0.6 is 0 Å². The molecule has 2 amide bonds. The van der Waals surface area contributed by atoms with Crippen molar-refractivity contribution in [2.45, 2.75) is 26.3 Å². The number of nitrogens with zero attached hydrogens (tertiary/aromatic N) is 3. The van der Waals surface area contributed by atoms with E-state index in [2.05, 4.69) is 24.1 Å². The van der Waals surface area contributed by atoms with Crippen LogP contribution in [0.4, 0.5) is 5.69 Å². The molecular weight excluding hydrogens is 332 g/mol. The molecule has 3 rings (SSSR count). The van der Waals surface area contributed by atoms with Gasteiger partial charge in [0.1, 0.15) is 0 Å². The maximum absolute atomic E-state index is 12.7. The minimum atomic E-state index is -0.136. The van der Waals surface area contributed by atoms with Crippen molar-refractivity contribution >= 4 is 17.5 Å². The fraction of sp³-hybridized carbons (Fsp3) is 0.421. The average molecular weight is 356 g/mol. The Labute approximate surface area is 153 Å². The van der Waals surface area contributed by atoms with Crippen molar-refractivity contribution in [1.29, 1.82) is 0 Å². The summed E-state index contributed by atoms with van der Waals surface area (Å²) in [7, 11) is 0. The predicted octanol–water partition coefficient (Wildman–Crippen LogP) is 2.48. The number of aromatic nitrogens is 1. The lowest BCUT2D eigenvalue weighted by Gasteiger charge is -2.34. The van der Waals surface area contributed by atoms with Gasteiger partial charge in [0.2, 0.25) is 0 Å². The first-order chi connectivity index (χ1) is 12.6. The van der Waals surface area contributed by atoms with Crippen LogP contribution in [0, 0.1) is 0 Å². The standard InChI is InChI=1S/C19H24N4O3/c1-3-14(2)21-16-11-15(12-20-13-16)18(24)22-6-8-23(9-7-22)19(25)17-5-4-10-26-17/h4-5,10-14,21H,3,6-9H2,1-2H3. The Bertz CT molecular complexity index is 752. The third-order valence-corrected chi connectivity index (χ3v) is 4.60. The third-order valence-electron chi connectivity index (χ3n) is 4.60. The first-order valence-corrected chi connectivity index (χ1v) is 8.92. The minimum absolute atomic E-state index is 0.0598. The van der Waals surface area contributed by atoms with Gasteiger partial charge < -0.3 is 19.5 Å². The van der Waals surface area contributed by atoms with Crippen LogP contribution in [0.2, 0.25) is 0 Å². The molecule has 0 spiro atoms. The second kappa shape index (κ2) is 8.03. The fourth-order valence-electron chi connectivity index (χ4n) is 2.87. The Hall–Kier alpha value is -2.83. The minimum Gasteiger partial charge on any atom is -0.459 e. The summed E-state index contributed by atoms with van der Waals surface area (Å²) in [6.45, 7) is 6.16. The number of hydrogen-bond donors (Lipinski definition) is 1. The number of carbonyl (C=O) groups is 2. The summed E-state index contributed by atoms with van der Waals surface area (Å²) < 4.78 is 5.16. The van der Waals surface area contributed by atoms with E-state index in [4.69, 9.17) is 4.42 Å². The van der Waals surface area contributed by atoms with E-state index in [0.29, 0.717) is 43.5 Å². The summed E-state index contributed by atoms with van der Waals surface area (Å²) in [6, 6.07) is 5.50. The maximum atomic E-state index is 12.7. The van der Waals surface area contributed by atoms with Gasteiger partial charge in [-0.15, -0.1) is 0 Å². The molecule has 2 aromatic rings. The van der Waals surface area contributed by atoms with Crippen molar-refractivity contribution in [3.63, 3.8) is 0 Å². The van der Waals surface area contributed by atoms with E-state index in [0.717, 1.165) is 12.1 Å². The van der Waals surface area contributed by atoms with Crippen molar-refractivity contribution in [2.75, 3.05) is 31.5 Å². The van der Waals surface area contributed by atoms with Crippen LogP contribution in [0.1, 0.15) is 41.2 Å². The van der Waals surface area contributed by atoms with Crippen LogP contribution in [0.25, 0.3) is 0 Å². The summed E-state index contributed by atoms with van der Waals surface area (Å²) in [5.41, 5.74) is 1.40. The van der Waals surface area contributed by atoms with Crippen molar-refractivity contribution in [1.82, 2.24) is 14.8 Å². The number of carbonyl (C=O) groups excluding carboxylic acids is 2. The Morgan fingerprint density at radius 3 is 2.50 bits per heavy atom. The topological polar surface area (TPSA) is 78.7 Å². The molecule has 7 nitrogen and oxygen atoms in total. The highest BCUT2D eigenvalue weighted by Crippen LogP contribution is 2.15. The van der Waals surface area contributed by atoms with Gasteiger partial charge in [-0.25, -0.2) is 0 Å². The lowest BCUT2D eigenvalue weighted by Crippen LogP contribution is -2.50. The number of hydrogen-bond acceptors (Lipinski definition) is 5. The Balaban J connectivity index is 1.60. The molecule has 1 aliphatic rings. The zero-order valence-electron chi connectivity index (χ0n) is 15.1. The molecule has 26 heavy (non-hydrogen) atoms. The SMILES string of the molecule is CCC(C)Nc1cncc(C(=O)N2CCN(C(=O)c3ccco3)CC2)c1. The molecule has 1 saturated heterocycles. The van der Waals surface area contributed by atoms with Crippen molar-refractivity contribution in [2.24, 2.45) is 0 Å². The first-order valence-electron chi connectivity index (χ1n) is 8.92. The fourth-order valence-corrected chi connectivity index (χ4v) is 2.87. The van der Waals surface area contributed by atoms with Gasteiger partial charge in [0.25, 0.3) is 11.8 Å². The monoisotopic (exact) mass is 356 g/mol. The van der Waals surface area contributed by atoms with Gasteiger partial charge in [-0.1, -0.05) is 6.92 Å². The number of piperazine rings is 1. The summed E-state index contributed by atoms with van der Waals surface area (Å²) in [4.78, 5) is 32.7. The third kappa shape index (κ3) is 4.04. The van der Waals surface area contributed by atoms with E-state index in [1.54, 1.807) is 34.3 Å². The van der Waals surface area contributed by atoms with Gasteiger partial charge in [0, 0.05) is 44.6 Å². The number of furan rings is 1. The number of nitrogens with one attached hydrogen (secondary N) is 1. The Morgan fingerprint density at radius 2 is 1.88 bits per heavy atom. The molecule has 1 N–H and O–H groups in total. The molecule has 1 fully saturated rings. The lowest BCUT2D eigenvalue weighted by molar-refractivity contribution is 0.0518. The van der Waals surface area contributed by atoms with Gasteiger partial charge in [0.15, 0.2) is 5.76 Å². The van der Waals surface area contributed by atoms with Crippen LogP contribution in [-0.2, 0) is 0 Å². The summed E-state index contributed by atoms with van der Waals surface area (Å²) in [5, 5.41) is 3.33. The van der Waals surface area contributed by atoms with E-state index in [1.165, 1.54) is 6.26 Å². The van der Waals surface area contributed by atoms with Crippen molar-refractivity contribution in [3.05, 3.63) is 48.2 Å². The largest absolute Gasteiger partial charge is 0.459 e. The highest BCUT2D eigenvalue weighted by atomic mass is 16.3. The molecule has 7 heteroatoms.